The number of aromatic nitrogens is 1. The predicted octanol–water partition coefficient (Wildman–Crippen LogP) is 7.10. The fourth-order valence-corrected chi connectivity index (χ4v) is 4.52. The third kappa shape index (κ3) is 4.54. The van der Waals surface area contributed by atoms with E-state index in [1.54, 1.807) is 24.5 Å². The summed E-state index contributed by atoms with van der Waals surface area (Å²) in [5, 5.41) is 10.6. The molecule has 1 aliphatic rings. The van der Waals surface area contributed by atoms with Gasteiger partial charge in [0, 0.05) is 23.4 Å². The molecule has 0 bridgehead atoms. The summed E-state index contributed by atoms with van der Waals surface area (Å²) in [6.45, 7) is 4.21. The highest BCUT2D eigenvalue weighted by atomic mass is 35.5. The van der Waals surface area contributed by atoms with E-state index in [9.17, 15) is 14.7 Å². The molecule has 0 amide bonds. The van der Waals surface area contributed by atoms with Crippen molar-refractivity contribution in [1.82, 2.24) is 4.57 Å². The lowest BCUT2D eigenvalue weighted by Gasteiger charge is -2.22. The van der Waals surface area contributed by atoms with Gasteiger partial charge in [0.15, 0.2) is 0 Å². The molecule has 0 radical (unpaired) electrons. The number of benzene rings is 2. The molecule has 1 aromatic heterocycles. The predicted molar refractivity (Wildman–Crippen MR) is 132 cm³/mol. The van der Waals surface area contributed by atoms with Crippen molar-refractivity contribution >= 4 is 40.8 Å². The van der Waals surface area contributed by atoms with Gasteiger partial charge >= 0.3 is 5.97 Å². The van der Waals surface area contributed by atoms with Crippen LogP contribution in [0.5, 0.6) is 5.75 Å². The third-order valence-electron chi connectivity index (χ3n) is 5.91. The average molecular weight is 525 g/mol. The van der Waals surface area contributed by atoms with Crippen molar-refractivity contribution in [2.24, 2.45) is 5.92 Å². The maximum Gasteiger partial charge on any atom is 0.341 e. The Morgan fingerprint density at radius 3 is 2.44 bits per heavy atom. The summed E-state index contributed by atoms with van der Waals surface area (Å²) in [5.74, 6) is -1.50. The zero-order valence-electron chi connectivity index (χ0n) is 18.4. The number of hydrogen-bond acceptors (Lipinski definition) is 3. The van der Waals surface area contributed by atoms with E-state index in [0.29, 0.717) is 35.3 Å². The Balaban J connectivity index is 1.99. The van der Waals surface area contributed by atoms with Crippen molar-refractivity contribution in [1.29, 1.82) is 0 Å². The van der Waals surface area contributed by atoms with Gasteiger partial charge in [0.1, 0.15) is 17.1 Å². The van der Waals surface area contributed by atoms with E-state index < -0.39 is 22.8 Å². The normalized spacial score (nSPS) is 13.2. The minimum Gasteiger partial charge on any atom is -0.492 e. The number of halogens is 4. The van der Waals surface area contributed by atoms with Crippen molar-refractivity contribution in [3.63, 3.8) is 0 Å². The molecular formula is C25H21Cl3FNO4. The topological polar surface area (TPSA) is 68.5 Å². The first-order valence-electron chi connectivity index (χ1n) is 10.7. The zero-order chi connectivity index (χ0) is 24.7. The SMILES string of the molecule is CCn1c(C)c(-c2cc(OCC3CC3)c(Cl)cc2F)c(=O)c(C(=O)O)c1-c1ccc(Cl)c(Cl)c1. The Bertz CT molecular complexity index is 1370. The molecule has 0 aliphatic heterocycles. The Kier molecular flexibility index (Phi) is 6.94. The molecule has 1 heterocycles. The fraction of sp³-hybridized carbons (Fsp3) is 0.280. The number of hydrogen-bond donors (Lipinski definition) is 1. The van der Waals surface area contributed by atoms with E-state index in [1.807, 2.05) is 0 Å². The summed E-state index contributed by atoms with van der Waals surface area (Å²) in [4.78, 5) is 25.9. The molecule has 9 heteroatoms. The first kappa shape index (κ1) is 24.6. The van der Waals surface area contributed by atoms with Crippen LogP contribution < -0.4 is 10.2 Å². The molecule has 5 nitrogen and oxygen atoms in total. The number of carboxylic acid groups (broad SMARTS) is 1. The smallest absolute Gasteiger partial charge is 0.341 e. The molecule has 178 valence electrons. The van der Waals surface area contributed by atoms with Gasteiger partial charge in [-0.25, -0.2) is 9.18 Å². The van der Waals surface area contributed by atoms with E-state index >= 15 is 4.39 Å². The fourth-order valence-electron chi connectivity index (χ4n) is 4.01. The van der Waals surface area contributed by atoms with Crippen molar-refractivity contribution in [3.8, 4) is 28.1 Å². The summed E-state index contributed by atoms with van der Waals surface area (Å²) < 4.78 is 22.5. The van der Waals surface area contributed by atoms with Crippen LogP contribution in [0.15, 0.2) is 35.1 Å². The summed E-state index contributed by atoms with van der Waals surface area (Å²) in [7, 11) is 0. The molecule has 1 N–H and O–H groups in total. The van der Waals surface area contributed by atoms with Crippen molar-refractivity contribution < 1.29 is 19.0 Å². The van der Waals surface area contributed by atoms with Crippen LogP contribution in [-0.4, -0.2) is 22.2 Å². The summed E-state index contributed by atoms with van der Waals surface area (Å²) in [6.07, 6.45) is 2.12. The van der Waals surface area contributed by atoms with Gasteiger partial charge in [-0.3, -0.25) is 4.79 Å². The molecule has 1 aliphatic carbocycles. The molecule has 1 saturated carbocycles. The molecule has 1 fully saturated rings. The van der Waals surface area contributed by atoms with Crippen LogP contribution in [0, 0.1) is 18.7 Å². The maximum atomic E-state index is 15.1. The van der Waals surface area contributed by atoms with Crippen molar-refractivity contribution in [3.05, 3.63) is 72.7 Å². The maximum absolute atomic E-state index is 15.1. The lowest BCUT2D eigenvalue weighted by Crippen LogP contribution is -2.25. The van der Waals surface area contributed by atoms with Gasteiger partial charge in [-0.1, -0.05) is 40.9 Å². The minimum absolute atomic E-state index is 0.0616. The van der Waals surface area contributed by atoms with Crippen LogP contribution in [0.2, 0.25) is 15.1 Å². The summed E-state index contributed by atoms with van der Waals surface area (Å²) >= 11 is 18.4. The van der Waals surface area contributed by atoms with Crippen LogP contribution >= 0.6 is 34.8 Å². The molecule has 0 atom stereocenters. The lowest BCUT2D eigenvalue weighted by atomic mass is 9.95. The molecule has 34 heavy (non-hydrogen) atoms. The highest BCUT2D eigenvalue weighted by Crippen LogP contribution is 2.38. The second kappa shape index (κ2) is 9.61. The lowest BCUT2D eigenvalue weighted by molar-refractivity contribution is 0.0695. The van der Waals surface area contributed by atoms with Crippen LogP contribution in [0.4, 0.5) is 4.39 Å². The molecular weight excluding hydrogens is 504 g/mol. The quantitative estimate of drug-likeness (QED) is 0.358. The van der Waals surface area contributed by atoms with E-state index in [2.05, 4.69) is 0 Å². The van der Waals surface area contributed by atoms with Gasteiger partial charge in [0.2, 0.25) is 5.43 Å². The van der Waals surface area contributed by atoms with E-state index in [0.717, 1.165) is 18.9 Å². The number of carbonyl (C=O) groups is 1. The van der Waals surface area contributed by atoms with Gasteiger partial charge in [-0.2, -0.15) is 0 Å². The zero-order valence-corrected chi connectivity index (χ0v) is 20.7. The van der Waals surface area contributed by atoms with Crippen molar-refractivity contribution in [2.45, 2.75) is 33.2 Å². The third-order valence-corrected chi connectivity index (χ3v) is 6.95. The molecule has 2 aromatic carbocycles. The second-order valence-corrected chi connectivity index (χ2v) is 9.43. The Morgan fingerprint density at radius 2 is 1.85 bits per heavy atom. The van der Waals surface area contributed by atoms with Gasteiger partial charge in [-0.05, 0) is 56.9 Å². The summed E-state index contributed by atoms with van der Waals surface area (Å²) in [5.41, 5.74) is -0.463. The number of aromatic carboxylic acids is 1. The molecule has 0 unspecified atom stereocenters. The first-order chi connectivity index (χ1) is 16.1. The van der Waals surface area contributed by atoms with Crippen LogP contribution in [0.3, 0.4) is 0 Å². The highest BCUT2D eigenvalue weighted by Gasteiger charge is 2.28. The van der Waals surface area contributed by atoms with Crippen LogP contribution in [0.25, 0.3) is 22.4 Å². The monoisotopic (exact) mass is 523 g/mol. The first-order valence-corrected chi connectivity index (χ1v) is 11.9. The summed E-state index contributed by atoms with van der Waals surface area (Å²) in [6, 6.07) is 7.08. The Labute approximate surface area is 210 Å². The van der Waals surface area contributed by atoms with Crippen molar-refractivity contribution in [2.75, 3.05) is 6.61 Å². The molecule has 3 aromatic rings. The number of pyridine rings is 1. The van der Waals surface area contributed by atoms with Gasteiger partial charge < -0.3 is 14.4 Å². The molecule has 0 spiro atoms. The standard InChI is InChI=1S/C25H21Cl3FNO4/c1-3-30-12(2)21(15-9-20(18(28)10-19(15)29)34-11-13-4-5-13)24(31)22(25(32)33)23(30)14-6-7-16(26)17(27)8-14/h6-10,13H,3-5,11H2,1-2H3,(H,32,33). The van der Waals surface area contributed by atoms with Crippen LogP contribution in [-0.2, 0) is 6.54 Å². The van der Waals surface area contributed by atoms with E-state index in [1.165, 1.54) is 18.2 Å². The second-order valence-electron chi connectivity index (χ2n) is 8.21. The molecule has 0 saturated heterocycles. The largest absolute Gasteiger partial charge is 0.492 e. The number of nitrogens with zero attached hydrogens (tertiary/aromatic N) is 1. The average Bonchev–Trinajstić information content (AvgIpc) is 3.60. The number of rotatable bonds is 7. The van der Waals surface area contributed by atoms with E-state index in [4.69, 9.17) is 39.5 Å². The van der Waals surface area contributed by atoms with Gasteiger partial charge in [0.25, 0.3) is 0 Å². The highest BCUT2D eigenvalue weighted by molar-refractivity contribution is 6.42. The Hall–Kier alpha value is -2.54. The minimum atomic E-state index is -1.44. The van der Waals surface area contributed by atoms with E-state index in [-0.39, 0.29) is 32.6 Å². The van der Waals surface area contributed by atoms with Gasteiger partial charge in [0.05, 0.1) is 32.9 Å². The Morgan fingerprint density at radius 1 is 1.15 bits per heavy atom. The van der Waals surface area contributed by atoms with Gasteiger partial charge in [-0.15, -0.1) is 0 Å². The number of carboxylic acids is 1. The van der Waals surface area contributed by atoms with Crippen LogP contribution in [0.1, 0.15) is 35.8 Å². The number of ether oxygens (including phenoxy) is 1. The molecule has 4 rings (SSSR count).